The minimum Gasteiger partial charge on any atom is -0.464 e. The van der Waals surface area contributed by atoms with Crippen LogP contribution in [-0.2, 0) is 11.4 Å². The Bertz CT molecular complexity index is 870. The molecule has 0 bridgehead atoms. The monoisotopic (exact) mass is 326 g/mol. The van der Waals surface area contributed by atoms with E-state index in [2.05, 4.69) is 5.48 Å². The van der Waals surface area contributed by atoms with Gasteiger partial charge in [0.25, 0.3) is 11.8 Å². The first kappa shape index (κ1) is 15.7. The fourth-order valence-corrected chi connectivity index (χ4v) is 2.19. The third kappa shape index (κ3) is 3.43. The molecule has 3 N–H and O–H groups in total. The zero-order valence-electron chi connectivity index (χ0n) is 12.5. The van der Waals surface area contributed by atoms with Crippen LogP contribution < -0.4 is 11.0 Å². The quantitative estimate of drug-likeness (QED) is 0.494. The van der Waals surface area contributed by atoms with E-state index in [1.807, 2.05) is 24.3 Å². The predicted molar refractivity (Wildman–Crippen MR) is 84.2 cm³/mol. The minimum absolute atomic E-state index is 0.206. The topological polar surface area (TPSA) is 101 Å². The lowest BCUT2D eigenvalue weighted by Crippen LogP contribution is -2.24. The molecule has 0 spiro atoms. The van der Waals surface area contributed by atoms with Crippen molar-refractivity contribution in [3.8, 4) is 0 Å². The van der Waals surface area contributed by atoms with Crippen LogP contribution in [0.15, 0.2) is 59.2 Å². The van der Waals surface area contributed by atoms with Crippen LogP contribution in [0.3, 0.4) is 0 Å². The molecular weight excluding hydrogens is 312 g/mol. The first-order valence-corrected chi connectivity index (χ1v) is 7.10. The third-order valence-corrected chi connectivity index (χ3v) is 3.43. The van der Waals surface area contributed by atoms with Crippen LogP contribution >= 0.6 is 0 Å². The van der Waals surface area contributed by atoms with Crippen LogP contribution in [0.1, 0.15) is 26.3 Å². The molecule has 1 heterocycles. The Morgan fingerprint density at radius 1 is 1.00 bits per heavy atom. The number of nitrogens with one attached hydrogen (secondary N) is 2. The lowest BCUT2D eigenvalue weighted by atomic mass is 10.1. The van der Waals surface area contributed by atoms with Crippen molar-refractivity contribution in [2.24, 2.45) is 0 Å². The number of carbonyl (C=O) groups excluding carboxylic acids is 2. The molecule has 0 fully saturated rings. The van der Waals surface area contributed by atoms with E-state index in [9.17, 15) is 9.59 Å². The van der Waals surface area contributed by atoms with Crippen molar-refractivity contribution < 1.29 is 24.1 Å². The predicted octanol–water partition coefficient (Wildman–Crippen LogP) is 2.41. The van der Waals surface area contributed by atoms with Crippen molar-refractivity contribution in [2.75, 3.05) is 0 Å². The number of hydroxylamine groups is 2. The summed E-state index contributed by atoms with van der Waals surface area (Å²) in [5.74, 6) is -1.08. The number of hydrogen-bond acceptors (Lipinski definition) is 5. The van der Waals surface area contributed by atoms with Crippen LogP contribution in [0, 0.1) is 0 Å². The molecule has 0 unspecified atom stereocenters. The van der Waals surface area contributed by atoms with E-state index < -0.39 is 11.8 Å². The Kier molecular flexibility index (Phi) is 4.55. The van der Waals surface area contributed by atoms with Gasteiger partial charge in [-0.2, -0.15) is 0 Å². The van der Waals surface area contributed by atoms with Gasteiger partial charge in [0.1, 0.15) is 5.58 Å². The van der Waals surface area contributed by atoms with Crippen molar-refractivity contribution >= 4 is 22.8 Å². The molecule has 0 saturated carbocycles. The molecule has 7 heteroatoms. The summed E-state index contributed by atoms with van der Waals surface area (Å²) >= 11 is 0. The van der Waals surface area contributed by atoms with Crippen LogP contribution in [0.2, 0.25) is 0 Å². The maximum Gasteiger partial charge on any atom is 0.274 e. The lowest BCUT2D eigenvalue weighted by Gasteiger charge is -2.07. The van der Waals surface area contributed by atoms with Crippen molar-refractivity contribution in [1.82, 2.24) is 11.0 Å². The van der Waals surface area contributed by atoms with E-state index in [-0.39, 0.29) is 12.2 Å². The largest absolute Gasteiger partial charge is 0.464 e. The highest BCUT2D eigenvalue weighted by Crippen LogP contribution is 2.17. The molecule has 2 amide bonds. The number of benzene rings is 2. The van der Waals surface area contributed by atoms with Gasteiger partial charge in [0, 0.05) is 16.5 Å². The Labute approximate surface area is 136 Å². The number of rotatable bonds is 5. The van der Waals surface area contributed by atoms with Crippen molar-refractivity contribution in [3.05, 3.63) is 71.5 Å². The van der Waals surface area contributed by atoms with E-state index >= 15 is 0 Å². The van der Waals surface area contributed by atoms with Crippen LogP contribution in [0.5, 0.6) is 0 Å². The summed E-state index contributed by atoms with van der Waals surface area (Å²) in [5.41, 5.74) is 6.10. The van der Waals surface area contributed by atoms with Gasteiger partial charge in [-0.25, -0.2) is 11.0 Å². The van der Waals surface area contributed by atoms with Gasteiger partial charge < -0.3 is 4.42 Å². The van der Waals surface area contributed by atoms with E-state index in [4.69, 9.17) is 14.5 Å². The van der Waals surface area contributed by atoms with Crippen LogP contribution in [0.4, 0.5) is 0 Å². The zero-order chi connectivity index (χ0) is 16.9. The molecule has 24 heavy (non-hydrogen) atoms. The second-order valence-corrected chi connectivity index (χ2v) is 5.03. The van der Waals surface area contributed by atoms with Crippen molar-refractivity contribution in [1.29, 1.82) is 0 Å². The first-order valence-electron chi connectivity index (χ1n) is 7.10. The lowest BCUT2D eigenvalue weighted by molar-refractivity contribution is 0.0234. The molecule has 2 aromatic carbocycles. The molecule has 0 aliphatic heterocycles. The molecule has 0 atom stereocenters. The SMILES string of the molecule is O=C(NO)c1ccc(C(=O)NOCc2ccc3occc3c2)cc1. The highest BCUT2D eigenvalue weighted by Gasteiger charge is 2.08. The second kappa shape index (κ2) is 6.95. The normalized spacial score (nSPS) is 10.5. The summed E-state index contributed by atoms with van der Waals surface area (Å²) in [6.45, 7) is 0.206. The number of amides is 2. The fraction of sp³-hybridized carbons (Fsp3) is 0.0588. The fourth-order valence-electron chi connectivity index (χ4n) is 2.19. The van der Waals surface area contributed by atoms with Gasteiger partial charge in [0.2, 0.25) is 0 Å². The number of carbonyl (C=O) groups is 2. The number of fused-ring (bicyclic) bond motifs is 1. The van der Waals surface area contributed by atoms with E-state index in [1.165, 1.54) is 29.7 Å². The van der Waals surface area contributed by atoms with E-state index in [1.54, 1.807) is 6.26 Å². The number of hydrogen-bond donors (Lipinski definition) is 3. The molecule has 0 radical (unpaired) electrons. The second-order valence-electron chi connectivity index (χ2n) is 5.03. The Hall–Kier alpha value is -3.16. The Balaban J connectivity index is 1.56. The molecule has 0 saturated heterocycles. The van der Waals surface area contributed by atoms with Gasteiger partial charge in [0.15, 0.2) is 0 Å². The molecule has 3 rings (SSSR count). The van der Waals surface area contributed by atoms with Gasteiger partial charge in [-0.1, -0.05) is 6.07 Å². The summed E-state index contributed by atoms with van der Waals surface area (Å²) in [6, 6.07) is 13.2. The van der Waals surface area contributed by atoms with Gasteiger partial charge >= 0.3 is 0 Å². The highest BCUT2D eigenvalue weighted by molar-refractivity contribution is 5.97. The summed E-state index contributed by atoms with van der Waals surface area (Å²) in [6.07, 6.45) is 1.61. The van der Waals surface area contributed by atoms with Crippen LogP contribution in [-0.4, -0.2) is 17.0 Å². The summed E-state index contributed by atoms with van der Waals surface area (Å²) in [7, 11) is 0. The average Bonchev–Trinajstić information content (AvgIpc) is 3.09. The zero-order valence-corrected chi connectivity index (χ0v) is 12.5. The molecule has 122 valence electrons. The molecule has 0 aliphatic carbocycles. The van der Waals surface area contributed by atoms with Gasteiger partial charge in [0.05, 0.1) is 12.9 Å². The highest BCUT2D eigenvalue weighted by atomic mass is 16.6. The maximum absolute atomic E-state index is 12.0. The van der Waals surface area contributed by atoms with Gasteiger partial charge in [-0.05, 0) is 48.0 Å². The average molecular weight is 326 g/mol. The molecule has 7 nitrogen and oxygen atoms in total. The van der Waals surface area contributed by atoms with Crippen molar-refractivity contribution in [2.45, 2.75) is 6.61 Å². The smallest absolute Gasteiger partial charge is 0.274 e. The number of furan rings is 1. The molecule has 1 aromatic heterocycles. The van der Waals surface area contributed by atoms with E-state index in [0.29, 0.717) is 5.56 Å². The first-order chi connectivity index (χ1) is 11.7. The van der Waals surface area contributed by atoms with Crippen LogP contribution in [0.25, 0.3) is 11.0 Å². The van der Waals surface area contributed by atoms with Crippen molar-refractivity contribution in [3.63, 3.8) is 0 Å². The minimum atomic E-state index is -0.646. The molecule has 0 aliphatic rings. The standard InChI is InChI=1S/C17H14N2O5/c20-16(18-22)12-2-4-13(5-3-12)17(21)19-24-10-11-1-6-15-14(9-11)7-8-23-15/h1-9,22H,10H2,(H,18,20)(H,19,21). The molecular formula is C17H14N2O5. The molecule has 3 aromatic rings. The Morgan fingerprint density at radius 3 is 2.42 bits per heavy atom. The third-order valence-electron chi connectivity index (χ3n) is 3.43. The van der Waals surface area contributed by atoms with E-state index in [0.717, 1.165) is 16.5 Å². The summed E-state index contributed by atoms with van der Waals surface area (Å²) in [5, 5.41) is 9.50. The maximum atomic E-state index is 12.0. The summed E-state index contributed by atoms with van der Waals surface area (Å²) in [4.78, 5) is 28.4. The van der Waals surface area contributed by atoms with Gasteiger partial charge in [-0.15, -0.1) is 0 Å². The van der Waals surface area contributed by atoms with Gasteiger partial charge in [-0.3, -0.25) is 19.6 Å². The Morgan fingerprint density at radius 2 is 1.71 bits per heavy atom. The summed E-state index contributed by atoms with van der Waals surface area (Å²) < 4.78 is 5.25.